The van der Waals surface area contributed by atoms with Crippen LogP contribution >= 0.6 is 11.3 Å². The third kappa shape index (κ3) is 7.49. The van der Waals surface area contributed by atoms with Gasteiger partial charge in [0.2, 0.25) is 0 Å². The fraction of sp³-hybridized carbons (Fsp3) is 0.342. The number of hydrogen-bond donors (Lipinski definition) is 1. The Hall–Kier alpha value is -6.56. The SMILES string of the molecule is Cc1cc2c(cc1N1c3cc(-c4ccccc4)ccc3[B]c3c1cc1c(oc4ccccc41)c3-c1c(Nc3ccc4c(c3)C(C)(C)CCC4(C)C)ccc3c1sc1cc4c(cc13)C(C)(C)CCC4(C)C)C(C)(C)CCC2(C)C. The average Bonchev–Trinajstić information content (AvgIpc) is 4.16. The van der Waals surface area contributed by atoms with Crippen molar-refractivity contribution in [3.05, 3.63) is 172 Å². The third-order valence-corrected chi connectivity index (χ3v) is 21.2. The molecule has 3 aliphatic carbocycles. The summed E-state index contributed by atoms with van der Waals surface area (Å²) in [6, 6.07) is 51.5. The summed E-state index contributed by atoms with van der Waals surface area (Å²) in [5.41, 5.74) is 25.3. The van der Waals surface area contributed by atoms with E-state index in [9.17, 15) is 0 Å². The summed E-state index contributed by atoms with van der Waals surface area (Å²) in [6.45, 7) is 31.7. The first-order valence-corrected chi connectivity index (χ1v) is 29.8. The molecule has 2 aromatic heterocycles. The number of para-hydroxylation sites is 1. The fourth-order valence-corrected chi connectivity index (χ4v) is 16.0. The zero-order chi connectivity index (χ0) is 54.2. The minimum atomic E-state index is 0.0192. The molecule has 10 aromatic rings. The van der Waals surface area contributed by atoms with Gasteiger partial charge in [0.25, 0.3) is 0 Å². The molecule has 0 unspecified atom stereocenters. The number of benzene rings is 8. The molecule has 78 heavy (non-hydrogen) atoms. The molecular weight excluding hydrogens is 964 g/mol. The molecule has 3 heterocycles. The second-order valence-electron chi connectivity index (χ2n) is 28.0. The molecule has 1 aliphatic heterocycles. The molecule has 0 spiro atoms. The second kappa shape index (κ2) is 16.7. The van der Waals surface area contributed by atoms with E-state index in [2.05, 4.69) is 241 Å². The average molecular weight is 1040 g/mol. The van der Waals surface area contributed by atoms with Crippen molar-refractivity contribution in [1.29, 1.82) is 0 Å². The van der Waals surface area contributed by atoms with E-state index >= 15 is 0 Å². The molecule has 0 atom stereocenters. The molecule has 14 rings (SSSR count). The minimum absolute atomic E-state index is 0.0192. The summed E-state index contributed by atoms with van der Waals surface area (Å²) in [4.78, 5) is 2.64. The van der Waals surface area contributed by atoms with E-state index in [1.165, 1.54) is 129 Å². The summed E-state index contributed by atoms with van der Waals surface area (Å²) in [6.07, 6.45) is 7.01. The Bertz CT molecular complexity index is 4180. The van der Waals surface area contributed by atoms with Crippen molar-refractivity contribution in [2.75, 3.05) is 10.2 Å². The van der Waals surface area contributed by atoms with Crippen LogP contribution in [0.15, 0.2) is 138 Å². The largest absolute Gasteiger partial charge is 0.455 e. The van der Waals surface area contributed by atoms with Gasteiger partial charge < -0.3 is 14.6 Å². The lowest BCUT2D eigenvalue weighted by atomic mass is 9.57. The number of anilines is 5. The van der Waals surface area contributed by atoms with Gasteiger partial charge in [-0.15, -0.1) is 11.3 Å². The van der Waals surface area contributed by atoms with E-state index in [1.54, 1.807) is 0 Å². The first-order chi connectivity index (χ1) is 37.0. The summed E-state index contributed by atoms with van der Waals surface area (Å²) in [5.74, 6) is 0. The molecule has 3 nitrogen and oxygen atoms in total. The van der Waals surface area contributed by atoms with Crippen molar-refractivity contribution in [2.24, 2.45) is 0 Å². The van der Waals surface area contributed by atoms with Crippen LogP contribution in [0.5, 0.6) is 0 Å². The number of nitrogens with zero attached hydrogens (tertiary/aromatic N) is 1. The Morgan fingerprint density at radius 1 is 0.462 bits per heavy atom. The molecule has 1 N–H and O–H groups in total. The van der Waals surface area contributed by atoms with Crippen LogP contribution in [0.1, 0.15) is 161 Å². The van der Waals surface area contributed by atoms with Gasteiger partial charge in [0.1, 0.15) is 11.2 Å². The number of fused-ring (bicyclic) bond motifs is 11. The predicted octanol–water partition coefficient (Wildman–Crippen LogP) is 19.8. The summed E-state index contributed by atoms with van der Waals surface area (Å²) < 4.78 is 10.0. The van der Waals surface area contributed by atoms with Gasteiger partial charge in [0.05, 0.1) is 0 Å². The van der Waals surface area contributed by atoms with E-state index in [1.807, 2.05) is 11.3 Å². The van der Waals surface area contributed by atoms with Gasteiger partial charge in [-0.3, -0.25) is 0 Å². The molecule has 0 fully saturated rings. The van der Waals surface area contributed by atoms with Crippen molar-refractivity contribution in [3.8, 4) is 22.3 Å². The smallest absolute Gasteiger partial charge is 0.198 e. The first-order valence-electron chi connectivity index (χ1n) is 28.9. The first kappa shape index (κ1) is 49.7. The molecule has 0 amide bonds. The maximum absolute atomic E-state index is 7.39. The highest BCUT2D eigenvalue weighted by Crippen LogP contribution is 2.55. The molecule has 0 saturated carbocycles. The summed E-state index contributed by atoms with van der Waals surface area (Å²) in [5, 5.41) is 9.08. The lowest BCUT2D eigenvalue weighted by molar-refractivity contribution is 0.332. The molecule has 5 heteroatoms. The zero-order valence-electron chi connectivity index (χ0n) is 48.3. The van der Waals surface area contributed by atoms with E-state index in [-0.39, 0.29) is 32.5 Å². The molecule has 391 valence electrons. The van der Waals surface area contributed by atoms with Crippen molar-refractivity contribution in [3.63, 3.8) is 0 Å². The highest BCUT2D eigenvalue weighted by molar-refractivity contribution is 7.26. The van der Waals surface area contributed by atoms with Crippen molar-refractivity contribution in [1.82, 2.24) is 0 Å². The quantitative estimate of drug-likeness (QED) is 0.174. The number of thiophene rings is 1. The maximum atomic E-state index is 7.39. The number of rotatable bonds is 5. The van der Waals surface area contributed by atoms with Gasteiger partial charge >= 0.3 is 0 Å². The molecule has 0 saturated heterocycles. The van der Waals surface area contributed by atoms with E-state index in [4.69, 9.17) is 4.42 Å². The van der Waals surface area contributed by atoms with Gasteiger partial charge in [-0.25, -0.2) is 0 Å². The fourth-order valence-electron chi connectivity index (χ4n) is 14.7. The second-order valence-corrected chi connectivity index (χ2v) is 29.1. The molecular formula is C73H74BN2OS. The summed E-state index contributed by atoms with van der Waals surface area (Å²) >= 11 is 1.96. The van der Waals surface area contributed by atoms with Crippen molar-refractivity contribution >= 4 is 100 Å². The number of aryl methyl sites for hydroxylation is 1. The molecule has 8 aromatic carbocycles. The highest BCUT2D eigenvalue weighted by atomic mass is 32.1. The van der Waals surface area contributed by atoms with Gasteiger partial charge in [0.15, 0.2) is 7.28 Å². The highest BCUT2D eigenvalue weighted by Gasteiger charge is 2.42. The van der Waals surface area contributed by atoms with Gasteiger partial charge in [0, 0.05) is 70.5 Å². The Morgan fingerprint density at radius 2 is 1.06 bits per heavy atom. The van der Waals surface area contributed by atoms with E-state index in [0.29, 0.717) is 0 Å². The summed E-state index contributed by atoms with van der Waals surface area (Å²) in [7, 11) is 2.49. The number of hydrogen-bond acceptors (Lipinski definition) is 4. The van der Waals surface area contributed by atoms with E-state index in [0.717, 1.165) is 51.7 Å². The lowest BCUT2D eigenvalue weighted by Gasteiger charge is -2.44. The van der Waals surface area contributed by atoms with E-state index < -0.39 is 0 Å². The maximum Gasteiger partial charge on any atom is 0.198 e. The zero-order valence-corrected chi connectivity index (χ0v) is 49.1. The van der Waals surface area contributed by atoms with Crippen LogP contribution in [0.25, 0.3) is 64.4 Å². The Balaban J connectivity index is 1.10. The van der Waals surface area contributed by atoms with Gasteiger partial charge in [-0.05, 0) is 188 Å². The monoisotopic (exact) mass is 1040 g/mol. The van der Waals surface area contributed by atoms with Crippen molar-refractivity contribution < 1.29 is 4.42 Å². The number of nitrogens with one attached hydrogen (secondary N) is 1. The van der Waals surface area contributed by atoms with Crippen LogP contribution in [-0.2, 0) is 32.5 Å². The normalized spacial score (nSPS) is 19.0. The number of furan rings is 1. The molecule has 0 bridgehead atoms. The van der Waals surface area contributed by atoms with Crippen LogP contribution < -0.4 is 21.1 Å². The van der Waals surface area contributed by atoms with Crippen LogP contribution in [0, 0.1) is 6.92 Å². The van der Waals surface area contributed by atoms with Gasteiger partial charge in [-0.1, -0.05) is 167 Å². The third-order valence-electron chi connectivity index (χ3n) is 20.0. The van der Waals surface area contributed by atoms with Crippen LogP contribution in [0.3, 0.4) is 0 Å². The topological polar surface area (TPSA) is 28.4 Å². The van der Waals surface area contributed by atoms with Crippen molar-refractivity contribution in [2.45, 2.75) is 161 Å². The predicted molar refractivity (Wildman–Crippen MR) is 338 cm³/mol. The van der Waals surface area contributed by atoms with Crippen LogP contribution in [0.4, 0.5) is 28.4 Å². The Labute approximate surface area is 467 Å². The van der Waals surface area contributed by atoms with Gasteiger partial charge in [-0.2, -0.15) is 0 Å². The van der Waals surface area contributed by atoms with Crippen LogP contribution in [-0.4, -0.2) is 7.28 Å². The minimum Gasteiger partial charge on any atom is -0.455 e. The standard InChI is InChI=1S/C73H74BN2OS/c1-42-35-51-54(72(10,11)33-31-69(51,4)5)40-58(42)76-59-36-44(43-19-15-14-16-20-43)23-27-56(59)74-65-60(76)39-49-46-21-17-18-22-61(46)77-66(49)64(65)63-57(75-45-24-26-50-52(37-45)70(6,7)30-29-68(50,2)3)28-25-47-48-38-53-55(41-62(48)78-67(47)63)73(12,13)34-32-71(53,8)9/h14-28,35-41,75H,29-34H2,1-13H3. The lowest BCUT2D eigenvalue weighted by Crippen LogP contribution is -2.41. The molecule has 1 radical (unpaired) electrons. The van der Waals surface area contributed by atoms with Crippen LogP contribution in [0.2, 0.25) is 0 Å². The molecule has 4 aliphatic rings. The Morgan fingerprint density at radius 3 is 1.76 bits per heavy atom. The Kier molecular flexibility index (Phi) is 10.7.